The van der Waals surface area contributed by atoms with Crippen molar-refractivity contribution in [2.24, 2.45) is 0 Å². The summed E-state index contributed by atoms with van der Waals surface area (Å²) in [5, 5.41) is 3.73. The summed E-state index contributed by atoms with van der Waals surface area (Å²) < 4.78 is 53.8. The van der Waals surface area contributed by atoms with Gasteiger partial charge in [-0.25, -0.2) is 13.8 Å². The Bertz CT molecular complexity index is 412. The van der Waals surface area contributed by atoms with Gasteiger partial charge in [-0.3, -0.25) is 0 Å². The molecule has 1 aromatic rings. The van der Waals surface area contributed by atoms with Gasteiger partial charge in [-0.15, -0.1) is 11.3 Å². The Labute approximate surface area is 119 Å². The van der Waals surface area contributed by atoms with Crippen LogP contribution in [0.3, 0.4) is 0 Å². The molecular weight excluding hydrogens is 296 g/mol. The molecular formula is C12H18F4N2OS. The zero-order valence-electron chi connectivity index (χ0n) is 11.4. The molecule has 1 aromatic heterocycles. The van der Waals surface area contributed by atoms with Crippen LogP contribution in [-0.2, 0) is 17.9 Å². The first kappa shape index (κ1) is 17.3. The highest BCUT2D eigenvalue weighted by atomic mass is 32.1. The number of nitrogens with zero attached hydrogens (tertiary/aromatic N) is 1. The first-order valence-corrected chi connectivity index (χ1v) is 7.08. The van der Waals surface area contributed by atoms with E-state index in [1.54, 1.807) is 0 Å². The highest BCUT2D eigenvalue weighted by Gasteiger charge is 2.41. The number of ether oxygens (including phenoxy) is 1. The highest BCUT2D eigenvalue weighted by molar-refractivity contribution is 7.11. The third-order valence-electron chi connectivity index (χ3n) is 2.49. The van der Waals surface area contributed by atoms with Crippen molar-refractivity contribution < 1.29 is 22.3 Å². The number of rotatable bonds is 9. The zero-order valence-corrected chi connectivity index (χ0v) is 12.2. The van der Waals surface area contributed by atoms with Crippen LogP contribution in [0.1, 0.15) is 28.9 Å². The summed E-state index contributed by atoms with van der Waals surface area (Å²) in [6.45, 7) is 3.92. The van der Waals surface area contributed by atoms with Gasteiger partial charge in [-0.1, -0.05) is 6.92 Å². The van der Waals surface area contributed by atoms with Gasteiger partial charge in [-0.05, 0) is 19.9 Å². The topological polar surface area (TPSA) is 34.1 Å². The van der Waals surface area contributed by atoms with E-state index < -0.39 is 19.0 Å². The van der Waals surface area contributed by atoms with Crippen LogP contribution in [0.2, 0.25) is 0 Å². The smallest absolute Gasteiger partial charge is 0.330 e. The molecule has 0 atom stereocenters. The molecule has 0 amide bonds. The van der Waals surface area contributed by atoms with Crippen LogP contribution in [0.4, 0.5) is 17.6 Å². The Kier molecular flexibility index (Phi) is 6.84. The Morgan fingerprint density at radius 3 is 2.70 bits per heavy atom. The van der Waals surface area contributed by atoms with Gasteiger partial charge in [0.05, 0.1) is 12.3 Å². The van der Waals surface area contributed by atoms with E-state index in [1.165, 1.54) is 11.3 Å². The van der Waals surface area contributed by atoms with Crippen molar-refractivity contribution in [2.45, 2.75) is 45.8 Å². The van der Waals surface area contributed by atoms with Gasteiger partial charge in [0.1, 0.15) is 11.6 Å². The number of aromatic nitrogens is 1. The number of hydrogen-bond acceptors (Lipinski definition) is 4. The van der Waals surface area contributed by atoms with Crippen LogP contribution in [0.5, 0.6) is 0 Å². The largest absolute Gasteiger partial charge is 0.368 e. The lowest BCUT2D eigenvalue weighted by Crippen LogP contribution is -2.32. The molecule has 1 rings (SSSR count). The van der Waals surface area contributed by atoms with Gasteiger partial charge >= 0.3 is 12.3 Å². The Morgan fingerprint density at radius 1 is 1.40 bits per heavy atom. The fraction of sp³-hybridized carbons (Fsp3) is 0.750. The predicted octanol–water partition coefficient (Wildman–Crippen LogP) is 3.37. The summed E-state index contributed by atoms with van der Waals surface area (Å²) in [7, 11) is 0. The van der Waals surface area contributed by atoms with E-state index in [9.17, 15) is 17.6 Å². The molecule has 116 valence electrons. The third kappa shape index (κ3) is 5.34. The Morgan fingerprint density at radius 2 is 2.10 bits per heavy atom. The lowest BCUT2D eigenvalue weighted by atomic mass is 10.4. The number of nitrogens with one attached hydrogen (secondary N) is 1. The van der Waals surface area contributed by atoms with E-state index in [0.717, 1.165) is 23.5 Å². The highest BCUT2D eigenvalue weighted by Crippen LogP contribution is 2.24. The normalized spacial score (nSPS) is 12.3. The number of halogens is 4. The average Bonchev–Trinajstić information content (AvgIpc) is 2.70. The van der Waals surface area contributed by atoms with Crippen molar-refractivity contribution in [1.82, 2.24) is 10.3 Å². The molecule has 0 aromatic carbocycles. The van der Waals surface area contributed by atoms with E-state index in [2.05, 4.69) is 22.0 Å². The first-order chi connectivity index (χ1) is 9.36. The lowest BCUT2D eigenvalue weighted by molar-refractivity contribution is -0.168. The molecule has 0 unspecified atom stereocenters. The summed E-state index contributed by atoms with van der Waals surface area (Å²) in [5.41, 5.74) is 0.804. The quantitative estimate of drug-likeness (QED) is 0.560. The molecule has 0 radical (unpaired) electrons. The maximum atomic E-state index is 12.6. The lowest BCUT2D eigenvalue weighted by Gasteiger charge is -2.14. The van der Waals surface area contributed by atoms with Crippen LogP contribution in [0.25, 0.3) is 0 Å². The maximum Gasteiger partial charge on any atom is 0.330 e. The summed E-state index contributed by atoms with van der Waals surface area (Å²) in [6.07, 6.45) is -2.70. The van der Waals surface area contributed by atoms with E-state index in [-0.39, 0.29) is 6.61 Å². The maximum absolute atomic E-state index is 12.6. The number of thiazole rings is 1. The Balaban J connectivity index is 2.43. The monoisotopic (exact) mass is 314 g/mol. The summed E-state index contributed by atoms with van der Waals surface area (Å²) >= 11 is 1.34. The van der Waals surface area contributed by atoms with E-state index in [4.69, 9.17) is 0 Å². The van der Waals surface area contributed by atoms with Crippen molar-refractivity contribution >= 4 is 11.3 Å². The first-order valence-electron chi connectivity index (χ1n) is 6.26. The van der Waals surface area contributed by atoms with Crippen LogP contribution >= 0.6 is 11.3 Å². The fourth-order valence-corrected chi connectivity index (χ4v) is 2.41. The molecule has 0 spiro atoms. The molecule has 0 aliphatic rings. The van der Waals surface area contributed by atoms with Crippen LogP contribution < -0.4 is 5.32 Å². The van der Waals surface area contributed by atoms with Crippen molar-refractivity contribution in [3.8, 4) is 0 Å². The van der Waals surface area contributed by atoms with Crippen molar-refractivity contribution in [2.75, 3.05) is 13.2 Å². The average molecular weight is 314 g/mol. The second-order valence-corrected chi connectivity index (χ2v) is 5.52. The summed E-state index contributed by atoms with van der Waals surface area (Å²) in [5.74, 6) is -4.11. The molecule has 0 saturated heterocycles. The molecule has 0 aliphatic carbocycles. The van der Waals surface area contributed by atoms with Gasteiger partial charge in [0.2, 0.25) is 0 Å². The van der Waals surface area contributed by atoms with Crippen molar-refractivity contribution in [3.05, 3.63) is 15.6 Å². The minimum atomic E-state index is -4.11. The molecule has 0 fully saturated rings. The molecule has 0 bridgehead atoms. The molecule has 20 heavy (non-hydrogen) atoms. The summed E-state index contributed by atoms with van der Waals surface area (Å²) in [6, 6.07) is 0. The van der Waals surface area contributed by atoms with Gasteiger partial charge in [0.15, 0.2) is 0 Å². The minimum Gasteiger partial charge on any atom is -0.368 e. The SMILES string of the molecule is CCCNCc1sc(COCC(F)(F)C(F)F)nc1C. The van der Waals surface area contributed by atoms with E-state index >= 15 is 0 Å². The minimum absolute atomic E-state index is 0.179. The molecule has 3 nitrogen and oxygen atoms in total. The summed E-state index contributed by atoms with van der Waals surface area (Å²) in [4.78, 5) is 5.17. The second kappa shape index (κ2) is 7.90. The zero-order chi connectivity index (χ0) is 15.2. The predicted molar refractivity (Wildman–Crippen MR) is 69.5 cm³/mol. The van der Waals surface area contributed by atoms with Gasteiger partial charge < -0.3 is 10.1 Å². The van der Waals surface area contributed by atoms with Gasteiger partial charge in [-0.2, -0.15) is 8.78 Å². The van der Waals surface area contributed by atoms with Crippen LogP contribution in [0, 0.1) is 6.92 Å². The molecule has 8 heteroatoms. The van der Waals surface area contributed by atoms with Crippen molar-refractivity contribution in [3.63, 3.8) is 0 Å². The molecule has 0 aliphatic heterocycles. The molecule has 1 heterocycles. The molecule has 1 N–H and O–H groups in total. The number of hydrogen-bond donors (Lipinski definition) is 1. The second-order valence-electron chi connectivity index (χ2n) is 4.35. The number of alkyl halides is 4. The standard InChI is InChI=1S/C12H18F4N2OS/c1-3-4-17-5-9-8(2)18-10(20-9)6-19-7-12(15,16)11(13)14/h11,17H,3-7H2,1-2H3. The fourth-order valence-electron chi connectivity index (χ4n) is 1.43. The van der Waals surface area contributed by atoms with Crippen LogP contribution in [-0.4, -0.2) is 30.5 Å². The van der Waals surface area contributed by atoms with Crippen molar-refractivity contribution in [1.29, 1.82) is 0 Å². The third-order valence-corrected chi connectivity index (χ3v) is 3.62. The Hall–Kier alpha value is -0.730. The van der Waals surface area contributed by atoms with Crippen LogP contribution in [0.15, 0.2) is 0 Å². The van der Waals surface area contributed by atoms with E-state index in [0.29, 0.717) is 11.6 Å². The van der Waals surface area contributed by atoms with Gasteiger partial charge in [0.25, 0.3) is 0 Å². The molecule has 0 saturated carbocycles. The van der Waals surface area contributed by atoms with E-state index in [1.807, 2.05) is 6.92 Å². The van der Waals surface area contributed by atoms with Gasteiger partial charge in [0, 0.05) is 11.4 Å². The number of aryl methyl sites for hydroxylation is 1.